The fraction of sp³-hybridized carbons (Fsp3) is 0.364. The molecule has 1 aromatic rings. The number of hydrogen-bond donors (Lipinski definition) is 0. The Hall–Kier alpha value is -0.680. The molecule has 0 aromatic heterocycles. The van der Waals surface area contributed by atoms with E-state index < -0.39 is 19.3 Å². The van der Waals surface area contributed by atoms with E-state index in [4.69, 9.17) is 0 Å². The first-order valence-electron chi connectivity index (χ1n) is 4.84. The molecule has 0 N–H and O–H groups in total. The number of Topliss-reactive ketones (excluding diaryl/α,β-unsaturated/α-hetero) is 1. The van der Waals surface area contributed by atoms with E-state index in [0.29, 0.717) is 5.56 Å². The van der Waals surface area contributed by atoms with Gasteiger partial charge in [-0.15, -0.1) is 0 Å². The Balaban J connectivity index is 3.17. The highest BCUT2D eigenvalue weighted by atomic mass is 79.9. The molecule has 1 aromatic carbocycles. The number of carbonyl (C=O) groups excluding carboxylic acids is 1. The second-order valence-corrected chi connectivity index (χ2v) is 8.25. The Morgan fingerprint density at radius 3 is 2.25 bits per heavy atom. The summed E-state index contributed by atoms with van der Waals surface area (Å²) in [6.45, 7) is 2.90. The van der Waals surface area contributed by atoms with Crippen LogP contribution >= 0.6 is 15.9 Å². The van der Waals surface area contributed by atoms with Crippen LogP contribution in [0.5, 0.6) is 0 Å². The van der Waals surface area contributed by atoms with E-state index >= 15 is 0 Å². The van der Waals surface area contributed by atoms with Crippen LogP contribution in [-0.4, -0.2) is 23.6 Å². The van der Waals surface area contributed by atoms with Crippen LogP contribution in [0.25, 0.3) is 0 Å². The summed E-state index contributed by atoms with van der Waals surface area (Å²) in [6, 6.07) is 8.39. The van der Waals surface area contributed by atoms with Crippen molar-refractivity contribution in [1.82, 2.24) is 0 Å². The van der Waals surface area contributed by atoms with Crippen molar-refractivity contribution in [1.29, 1.82) is 0 Å². The summed E-state index contributed by atoms with van der Waals surface area (Å²) in [5.74, 6) is -0.511. The lowest BCUT2D eigenvalue weighted by atomic mass is 10.1. The zero-order valence-electron chi connectivity index (χ0n) is 9.10. The van der Waals surface area contributed by atoms with Crippen molar-refractivity contribution in [2.75, 3.05) is 5.75 Å². The molecule has 0 aliphatic carbocycles. The van der Waals surface area contributed by atoms with Gasteiger partial charge in [-0.1, -0.05) is 53.2 Å². The van der Waals surface area contributed by atoms with Gasteiger partial charge < -0.3 is 0 Å². The molecule has 0 aliphatic heterocycles. The van der Waals surface area contributed by atoms with Crippen LogP contribution in [0.15, 0.2) is 30.3 Å². The molecular formula is C11H13BrO3S. The summed E-state index contributed by atoms with van der Waals surface area (Å²) >= 11 is 3.03. The lowest BCUT2D eigenvalue weighted by Crippen LogP contribution is -2.38. The Kier molecular flexibility index (Phi) is 3.91. The van der Waals surface area contributed by atoms with Crippen molar-refractivity contribution >= 4 is 31.6 Å². The Labute approximate surface area is 104 Å². The maximum absolute atomic E-state index is 12.0. The maximum atomic E-state index is 12.0. The fourth-order valence-corrected chi connectivity index (χ4v) is 3.12. The molecular weight excluding hydrogens is 292 g/mol. The predicted molar refractivity (Wildman–Crippen MR) is 67.6 cm³/mol. The highest BCUT2D eigenvalue weighted by Crippen LogP contribution is 2.29. The average Bonchev–Trinajstić information content (AvgIpc) is 2.29. The quantitative estimate of drug-likeness (QED) is 0.634. The van der Waals surface area contributed by atoms with Gasteiger partial charge in [0.1, 0.15) is 0 Å². The number of alkyl halides is 1. The molecule has 0 spiro atoms. The molecule has 0 saturated carbocycles. The molecule has 3 nitrogen and oxygen atoms in total. The molecule has 1 rings (SSSR count). The van der Waals surface area contributed by atoms with Gasteiger partial charge in [-0.25, -0.2) is 8.42 Å². The second kappa shape index (κ2) is 4.67. The van der Waals surface area contributed by atoms with Gasteiger partial charge in [0.25, 0.3) is 0 Å². The third-order valence-corrected chi connectivity index (χ3v) is 6.36. The van der Waals surface area contributed by atoms with E-state index in [0.717, 1.165) is 0 Å². The zero-order chi connectivity index (χ0) is 12.4. The van der Waals surface area contributed by atoms with Crippen LogP contribution in [0, 0.1) is 0 Å². The molecule has 0 aliphatic rings. The highest BCUT2D eigenvalue weighted by molar-refractivity contribution is 9.12. The minimum atomic E-state index is -3.48. The van der Waals surface area contributed by atoms with E-state index in [2.05, 4.69) is 15.9 Å². The van der Waals surface area contributed by atoms with Crippen LogP contribution < -0.4 is 0 Å². The minimum Gasteiger partial charge on any atom is -0.291 e. The smallest absolute Gasteiger partial charge is 0.194 e. The largest absolute Gasteiger partial charge is 0.291 e. The summed E-state index contributed by atoms with van der Waals surface area (Å²) in [6.07, 6.45) is 0. The zero-order valence-corrected chi connectivity index (χ0v) is 11.5. The lowest BCUT2D eigenvalue weighted by molar-refractivity contribution is 0.0983. The fourth-order valence-electron chi connectivity index (χ4n) is 1.26. The van der Waals surface area contributed by atoms with Crippen molar-refractivity contribution in [3.05, 3.63) is 35.9 Å². The lowest BCUT2D eigenvalue weighted by Gasteiger charge is -2.20. The first kappa shape index (κ1) is 13.4. The molecule has 0 amide bonds. The van der Waals surface area contributed by atoms with Crippen LogP contribution in [0.4, 0.5) is 0 Å². The summed E-state index contributed by atoms with van der Waals surface area (Å²) in [4.78, 5) is 12.0. The van der Waals surface area contributed by atoms with Gasteiger partial charge in [-0.05, 0) is 6.92 Å². The second-order valence-electron chi connectivity index (χ2n) is 3.52. The molecule has 16 heavy (non-hydrogen) atoms. The number of benzene rings is 1. The summed E-state index contributed by atoms with van der Waals surface area (Å²) in [7, 11) is -3.48. The number of sulfone groups is 1. The van der Waals surface area contributed by atoms with Crippen LogP contribution in [0.2, 0.25) is 0 Å². The van der Waals surface area contributed by atoms with E-state index in [1.165, 1.54) is 13.8 Å². The molecule has 1 atom stereocenters. The number of hydrogen-bond acceptors (Lipinski definition) is 3. The topological polar surface area (TPSA) is 51.2 Å². The molecule has 5 heteroatoms. The predicted octanol–water partition coefficient (Wildman–Crippen LogP) is 2.42. The normalized spacial score (nSPS) is 15.4. The van der Waals surface area contributed by atoms with Crippen molar-refractivity contribution < 1.29 is 13.2 Å². The molecule has 0 heterocycles. The van der Waals surface area contributed by atoms with E-state index in [9.17, 15) is 13.2 Å². The van der Waals surface area contributed by atoms with Crippen molar-refractivity contribution in [2.24, 2.45) is 0 Å². The van der Waals surface area contributed by atoms with Crippen molar-refractivity contribution in [3.8, 4) is 0 Å². The van der Waals surface area contributed by atoms with E-state index in [1.54, 1.807) is 30.3 Å². The summed E-state index contributed by atoms with van der Waals surface area (Å²) in [5, 5.41) is 0. The first-order chi connectivity index (χ1) is 7.33. The van der Waals surface area contributed by atoms with Gasteiger partial charge in [0.2, 0.25) is 0 Å². The number of ketones is 1. The third-order valence-electron chi connectivity index (χ3n) is 2.41. The SMILES string of the molecule is CCS(=O)(=O)C(C)(Br)C(=O)c1ccccc1. The monoisotopic (exact) mass is 304 g/mol. The number of halogens is 1. The molecule has 0 radical (unpaired) electrons. The average molecular weight is 305 g/mol. The van der Waals surface area contributed by atoms with Gasteiger partial charge in [-0.3, -0.25) is 4.79 Å². The van der Waals surface area contributed by atoms with Gasteiger partial charge in [0, 0.05) is 11.3 Å². The van der Waals surface area contributed by atoms with Gasteiger partial charge >= 0.3 is 0 Å². The Morgan fingerprint density at radius 1 is 1.31 bits per heavy atom. The third kappa shape index (κ3) is 2.35. The summed E-state index contributed by atoms with van der Waals surface area (Å²) < 4.78 is 22.0. The Bertz CT molecular complexity index is 477. The van der Waals surface area contributed by atoms with E-state index in [1.807, 2.05) is 0 Å². The van der Waals surface area contributed by atoms with Crippen LogP contribution in [-0.2, 0) is 9.84 Å². The van der Waals surface area contributed by atoms with Gasteiger partial charge in [-0.2, -0.15) is 0 Å². The van der Waals surface area contributed by atoms with Crippen LogP contribution in [0.3, 0.4) is 0 Å². The number of rotatable bonds is 4. The molecule has 0 fully saturated rings. The molecule has 0 saturated heterocycles. The minimum absolute atomic E-state index is 0.0761. The van der Waals surface area contributed by atoms with Gasteiger partial charge in [0.05, 0.1) is 0 Å². The Morgan fingerprint density at radius 2 is 1.81 bits per heavy atom. The maximum Gasteiger partial charge on any atom is 0.194 e. The first-order valence-corrected chi connectivity index (χ1v) is 7.28. The van der Waals surface area contributed by atoms with E-state index in [-0.39, 0.29) is 5.75 Å². The highest BCUT2D eigenvalue weighted by Gasteiger charge is 2.42. The molecule has 88 valence electrons. The summed E-state index contributed by atoms with van der Waals surface area (Å²) in [5.41, 5.74) is 0.388. The number of carbonyl (C=O) groups is 1. The van der Waals surface area contributed by atoms with Crippen molar-refractivity contribution in [3.63, 3.8) is 0 Å². The standard InChI is InChI=1S/C11H13BrO3S/c1-3-16(14,15)11(2,12)10(13)9-7-5-4-6-8-9/h4-8H,3H2,1-2H3. The van der Waals surface area contributed by atoms with Crippen molar-refractivity contribution in [2.45, 2.75) is 17.5 Å². The molecule has 1 unspecified atom stereocenters. The van der Waals surface area contributed by atoms with Gasteiger partial charge in [0.15, 0.2) is 19.3 Å². The molecule has 0 bridgehead atoms. The van der Waals surface area contributed by atoms with Crippen LogP contribution in [0.1, 0.15) is 24.2 Å².